The molecule has 0 bridgehead atoms. The number of fused-ring (bicyclic) bond motifs is 10. The van der Waals surface area contributed by atoms with Gasteiger partial charge in [0.25, 0.3) is 13.4 Å². The SMILES string of the molecule is c1ccc(-c2cc(-c3ccccc3)c(N3c4ccccc4B4c5ccccc5N5c6ccccc6B6c7ccccc7N(c7ccccc7)c7cc3c4c5c76)c(-c3ccccc3)c2)cc1. The Kier molecular flexibility index (Phi) is 7.87. The molecule has 0 amide bonds. The van der Waals surface area contributed by atoms with Crippen LogP contribution < -0.4 is 47.5 Å². The van der Waals surface area contributed by atoms with Crippen LogP contribution in [0.4, 0.5) is 51.2 Å². The number of para-hydroxylation sites is 5. The van der Waals surface area contributed by atoms with Crippen LogP contribution in [0.1, 0.15) is 0 Å². The highest BCUT2D eigenvalue weighted by atomic mass is 15.2. The predicted molar refractivity (Wildman–Crippen MR) is 276 cm³/mol. The van der Waals surface area contributed by atoms with Crippen LogP contribution in [0.3, 0.4) is 0 Å². The maximum absolute atomic E-state index is 2.64. The van der Waals surface area contributed by atoms with E-state index in [9.17, 15) is 0 Å². The minimum atomic E-state index is 0.00222. The van der Waals surface area contributed by atoms with Gasteiger partial charge in [0.05, 0.1) is 5.69 Å². The van der Waals surface area contributed by atoms with E-state index in [-0.39, 0.29) is 13.4 Å². The molecule has 0 spiro atoms. The van der Waals surface area contributed by atoms with Gasteiger partial charge in [0.15, 0.2) is 0 Å². The summed E-state index contributed by atoms with van der Waals surface area (Å²) in [4.78, 5) is 7.79. The molecular formula is C60H39B2N3. The normalized spacial score (nSPS) is 13.4. The highest BCUT2D eigenvalue weighted by molar-refractivity contribution is 7.04. The number of rotatable bonds is 5. The lowest BCUT2D eigenvalue weighted by Crippen LogP contribution is -2.68. The van der Waals surface area contributed by atoms with Crippen molar-refractivity contribution in [2.75, 3.05) is 14.7 Å². The van der Waals surface area contributed by atoms with E-state index in [0.29, 0.717) is 0 Å². The summed E-state index contributed by atoms with van der Waals surface area (Å²) in [6.07, 6.45) is 0. The monoisotopic (exact) mass is 823 g/mol. The van der Waals surface area contributed by atoms with Crippen molar-refractivity contribution in [3.05, 3.63) is 237 Å². The van der Waals surface area contributed by atoms with Gasteiger partial charge >= 0.3 is 0 Å². The van der Waals surface area contributed by atoms with Gasteiger partial charge in [-0.25, -0.2) is 0 Å². The van der Waals surface area contributed by atoms with Gasteiger partial charge in [-0.15, -0.1) is 0 Å². The lowest BCUT2D eigenvalue weighted by atomic mass is 9.29. The first-order valence-electron chi connectivity index (χ1n) is 22.7. The van der Waals surface area contributed by atoms with E-state index in [1.54, 1.807) is 0 Å². The van der Waals surface area contributed by atoms with Gasteiger partial charge in [0.1, 0.15) is 0 Å². The molecule has 0 aliphatic carbocycles. The molecule has 0 atom stereocenters. The van der Waals surface area contributed by atoms with Crippen LogP contribution >= 0.6 is 0 Å². The molecule has 4 aliphatic heterocycles. The van der Waals surface area contributed by atoms with Crippen LogP contribution in [-0.2, 0) is 0 Å². The van der Waals surface area contributed by atoms with Crippen molar-refractivity contribution in [2.24, 2.45) is 0 Å². The molecule has 0 unspecified atom stereocenters. The van der Waals surface area contributed by atoms with E-state index < -0.39 is 0 Å². The summed E-state index contributed by atoms with van der Waals surface area (Å²) in [5.41, 5.74) is 26.0. The zero-order valence-corrected chi connectivity index (χ0v) is 35.5. The second-order valence-electron chi connectivity index (χ2n) is 17.6. The Balaban J connectivity index is 1.17. The van der Waals surface area contributed by atoms with E-state index in [4.69, 9.17) is 0 Å². The molecule has 4 heterocycles. The molecule has 0 fully saturated rings. The lowest BCUT2D eigenvalue weighted by Gasteiger charge is -2.51. The summed E-state index contributed by atoms with van der Waals surface area (Å²) in [5.74, 6) is 0. The molecule has 0 saturated carbocycles. The fourth-order valence-electron chi connectivity index (χ4n) is 11.6. The van der Waals surface area contributed by atoms with Crippen LogP contribution in [0.5, 0.6) is 0 Å². The van der Waals surface area contributed by atoms with Crippen LogP contribution in [0.15, 0.2) is 237 Å². The molecule has 0 saturated heterocycles. The summed E-state index contributed by atoms with van der Waals surface area (Å²) in [5, 5.41) is 0. The largest absolute Gasteiger partial charge is 0.312 e. The number of benzene rings is 10. The highest BCUT2D eigenvalue weighted by Crippen LogP contribution is 2.53. The smallest absolute Gasteiger partial charge is 0.252 e. The van der Waals surface area contributed by atoms with Gasteiger partial charge in [-0.3, -0.25) is 0 Å². The van der Waals surface area contributed by atoms with E-state index in [2.05, 4.69) is 251 Å². The van der Waals surface area contributed by atoms with E-state index in [0.717, 1.165) is 11.4 Å². The van der Waals surface area contributed by atoms with E-state index >= 15 is 0 Å². The molecule has 4 aliphatic rings. The second kappa shape index (κ2) is 14.1. The predicted octanol–water partition coefficient (Wildman–Crippen LogP) is 11.4. The van der Waals surface area contributed by atoms with Crippen molar-refractivity contribution in [3.8, 4) is 33.4 Å². The summed E-state index contributed by atoms with van der Waals surface area (Å²) < 4.78 is 0. The van der Waals surface area contributed by atoms with Gasteiger partial charge < -0.3 is 14.7 Å². The molecule has 14 rings (SSSR count). The Bertz CT molecular complexity index is 3440. The summed E-state index contributed by atoms with van der Waals surface area (Å²) in [6.45, 7) is 0.0396. The van der Waals surface area contributed by atoms with Gasteiger partial charge in [0, 0.05) is 56.6 Å². The molecular weight excluding hydrogens is 784 g/mol. The maximum Gasteiger partial charge on any atom is 0.252 e. The Hall–Kier alpha value is -8.27. The van der Waals surface area contributed by atoms with Gasteiger partial charge in [-0.1, -0.05) is 182 Å². The zero-order valence-electron chi connectivity index (χ0n) is 35.5. The molecule has 0 N–H and O–H groups in total. The molecule has 300 valence electrons. The lowest BCUT2D eigenvalue weighted by molar-refractivity contribution is 1.23. The van der Waals surface area contributed by atoms with Crippen LogP contribution in [-0.4, -0.2) is 13.4 Å². The Morgan fingerprint density at radius 2 is 0.585 bits per heavy atom. The first kappa shape index (κ1) is 36.2. The first-order valence-corrected chi connectivity index (χ1v) is 22.7. The Morgan fingerprint density at radius 3 is 1.03 bits per heavy atom. The third kappa shape index (κ3) is 5.21. The van der Waals surface area contributed by atoms with E-state index in [1.165, 1.54) is 106 Å². The standard InChI is InChI=1S/C60H39B2N3/c1-5-21-40(22-6-1)43-37-45(41-23-7-2-8-24-41)59(46(38-43)42-25-9-3-10-26-42)65-54-36-20-16-32-50(54)62-49-31-15-19-35-53(49)64-52-34-18-14-30-48(52)61-47-29-13-17-33-51(47)63(44-27-11-4-12-28-44)55-39-56(65)58(62)60(64)57(55)61/h1-39H. The van der Waals surface area contributed by atoms with Crippen molar-refractivity contribution in [3.63, 3.8) is 0 Å². The molecule has 10 aromatic rings. The zero-order chi connectivity index (χ0) is 42.6. The number of anilines is 9. The van der Waals surface area contributed by atoms with Crippen molar-refractivity contribution in [1.82, 2.24) is 0 Å². The molecule has 65 heavy (non-hydrogen) atoms. The minimum absolute atomic E-state index is 0.00222. The molecule has 0 radical (unpaired) electrons. The first-order chi connectivity index (χ1) is 32.3. The van der Waals surface area contributed by atoms with E-state index in [1.807, 2.05) is 0 Å². The molecule has 10 aromatic carbocycles. The number of hydrogen-bond donors (Lipinski definition) is 0. The highest BCUT2D eigenvalue weighted by Gasteiger charge is 2.51. The molecule has 0 aromatic heterocycles. The average molecular weight is 824 g/mol. The topological polar surface area (TPSA) is 9.72 Å². The minimum Gasteiger partial charge on any atom is -0.312 e. The number of nitrogens with zero attached hydrogens (tertiary/aromatic N) is 3. The van der Waals surface area contributed by atoms with Crippen molar-refractivity contribution in [2.45, 2.75) is 0 Å². The van der Waals surface area contributed by atoms with Crippen molar-refractivity contribution < 1.29 is 0 Å². The third-order valence-electron chi connectivity index (χ3n) is 14.2. The van der Waals surface area contributed by atoms with Crippen LogP contribution in [0.2, 0.25) is 0 Å². The fraction of sp³-hybridized carbons (Fsp3) is 0. The summed E-state index contributed by atoms with van der Waals surface area (Å²) >= 11 is 0. The van der Waals surface area contributed by atoms with Gasteiger partial charge in [0.2, 0.25) is 0 Å². The van der Waals surface area contributed by atoms with Crippen molar-refractivity contribution >= 4 is 97.4 Å². The Morgan fingerprint density at radius 1 is 0.246 bits per heavy atom. The quantitative estimate of drug-likeness (QED) is 0.160. The molecule has 3 nitrogen and oxygen atoms in total. The second-order valence-corrected chi connectivity index (χ2v) is 17.6. The fourth-order valence-corrected chi connectivity index (χ4v) is 11.6. The van der Waals surface area contributed by atoms with Crippen molar-refractivity contribution in [1.29, 1.82) is 0 Å². The van der Waals surface area contributed by atoms with Crippen LogP contribution in [0.25, 0.3) is 33.4 Å². The number of hydrogen-bond acceptors (Lipinski definition) is 3. The summed E-state index contributed by atoms with van der Waals surface area (Å²) in [7, 11) is 0. The third-order valence-corrected chi connectivity index (χ3v) is 14.2. The van der Waals surface area contributed by atoms with Crippen LogP contribution in [0, 0.1) is 0 Å². The van der Waals surface area contributed by atoms with Gasteiger partial charge in [-0.2, -0.15) is 0 Å². The molecule has 5 heteroatoms. The Labute approximate surface area is 380 Å². The van der Waals surface area contributed by atoms with Gasteiger partial charge in [-0.05, 0) is 110 Å². The average Bonchev–Trinajstić information content (AvgIpc) is 3.39. The maximum atomic E-state index is 2.64. The summed E-state index contributed by atoms with van der Waals surface area (Å²) in [6, 6.07) is 87.9.